The summed E-state index contributed by atoms with van der Waals surface area (Å²) in [5.41, 5.74) is 1.92. The number of anilines is 1. The van der Waals surface area contributed by atoms with Crippen LogP contribution in [-0.4, -0.2) is 33.5 Å². The number of pyridine rings is 1. The zero-order chi connectivity index (χ0) is 17.1. The molecule has 0 aliphatic heterocycles. The monoisotopic (exact) mass is 361 g/mol. The third-order valence-electron chi connectivity index (χ3n) is 3.88. The van der Waals surface area contributed by atoms with E-state index in [1.54, 1.807) is 30.7 Å². The number of nitrogens with zero attached hydrogens (tertiary/aromatic N) is 2. The first-order valence-electron chi connectivity index (χ1n) is 7.70. The van der Waals surface area contributed by atoms with Crippen LogP contribution in [0.3, 0.4) is 0 Å². The fourth-order valence-electron chi connectivity index (χ4n) is 2.38. The molecule has 1 atom stereocenters. The summed E-state index contributed by atoms with van der Waals surface area (Å²) in [6.07, 6.45) is 0. The van der Waals surface area contributed by atoms with Gasteiger partial charge in [0.2, 0.25) is 5.91 Å². The van der Waals surface area contributed by atoms with Crippen molar-refractivity contribution in [2.24, 2.45) is 0 Å². The summed E-state index contributed by atoms with van der Waals surface area (Å²) >= 11 is 0. The highest BCUT2D eigenvalue weighted by Crippen LogP contribution is 2.14. The number of fused-ring (bicyclic) bond motifs is 1. The first-order chi connectivity index (χ1) is 11.6. The highest BCUT2D eigenvalue weighted by atomic mass is 35.5. The average molecular weight is 362 g/mol. The number of benzene rings is 1. The largest absolute Gasteiger partial charge is 0.327 e. The van der Waals surface area contributed by atoms with Gasteiger partial charge in [0.05, 0.1) is 18.1 Å². The lowest BCUT2D eigenvalue weighted by molar-refractivity contribution is -0.117. The molecule has 0 radical (unpaired) electrons. The Morgan fingerprint density at radius 2 is 1.96 bits per heavy atom. The van der Waals surface area contributed by atoms with Crippen molar-refractivity contribution >= 4 is 35.3 Å². The SMILES string of the molecule is CNC(C)C(=O)Nc1ccc2[nH]c(=O)n(Cc3ccccc3)c2n1.Cl. The van der Waals surface area contributed by atoms with E-state index in [-0.39, 0.29) is 30.0 Å². The van der Waals surface area contributed by atoms with Crippen LogP contribution in [0.15, 0.2) is 47.3 Å². The molecule has 0 aliphatic carbocycles. The molecule has 0 spiro atoms. The third kappa shape index (κ3) is 4.07. The Morgan fingerprint density at radius 3 is 2.64 bits per heavy atom. The molecule has 25 heavy (non-hydrogen) atoms. The molecule has 3 N–H and O–H groups in total. The number of nitrogens with one attached hydrogen (secondary N) is 3. The zero-order valence-electron chi connectivity index (χ0n) is 13.9. The lowest BCUT2D eigenvalue weighted by Crippen LogP contribution is -2.35. The Bertz CT molecular complexity index is 920. The standard InChI is InChI=1S/C17H19N5O2.ClH/c1-11(18-2)16(23)21-14-9-8-13-15(20-14)22(17(24)19-13)10-12-6-4-3-5-7-12;/h3-9,11,18H,10H2,1-2H3,(H,19,24)(H,20,21,23);1H. The maximum absolute atomic E-state index is 12.2. The van der Waals surface area contributed by atoms with Crippen molar-refractivity contribution in [3.8, 4) is 0 Å². The van der Waals surface area contributed by atoms with E-state index in [1.807, 2.05) is 30.3 Å². The molecule has 0 aliphatic rings. The van der Waals surface area contributed by atoms with Crippen LogP contribution in [-0.2, 0) is 11.3 Å². The van der Waals surface area contributed by atoms with Gasteiger partial charge in [0.25, 0.3) is 0 Å². The molecule has 132 valence electrons. The predicted octanol–water partition coefficient (Wildman–Crippen LogP) is 1.74. The molecule has 3 aromatic rings. The summed E-state index contributed by atoms with van der Waals surface area (Å²) in [5, 5.41) is 5.61. The molecule has 1 aromatic carbocycles. The maximum atomic E-state index is 12.2. The number of halogens is 1. The number of rotatable bonds is 5. The fourth-order valence-corrected chi connectivity index (χ4v) is 2.38. The van der Waals surface area contributed by atoms with Crippen molar-refractivity contribution < 1.29 is 4.79 Å². The van der Waals surface area contributed by atoms with E-state index in [0.717, 1.165) is 5.56 Å². The maximum Gasteiger partial charge on any atom is 0.327 e. The molecule has 1 unspecified atom stereocenters. The average Bonchev–Trinajstić information content (AvgIpc) is 2.90. The summed E-state index contributed by atoms with van der Waals surface area (Å²) < 4.78 is 1.56. The van der Waals surface area contributed by atoms with E-state index in [2.05, 4.69) is 20.6 Å². The van der Waals surface area contributed by atoms with Crippen LogP contribution in [0, 0.1) is 0 Å². The van der Waals surface area contributed by atoms with Crippen molar-refractivity contribution in [2.75, 3.05) is 12.4 Å². The number of aromatic nitrogens is 3. The second-order valence-electron chi connectivity index (χ2n) is 5.57. The molecule has 8 heteroatoms. The van der Waals surface area contributed by atoms with E-state index in [1.165, 1.54) is 0 Å². The van der Waals surface area contributed by atoms with Gasteiger partial charge in [-0.2, -0.15) is 0 Å². The zero-order valence-corrected chi connectivity index (χ0v) is 14.8. The summed E-state index contributed by atoms with van der Waals surface area (Å²) in [4.78, 5) is 31.4. The number of aromatic amines is 1. The number of hydrogen-bond donors (Lipinski definition) is 3. The van der Waals surface area contributed by atoms with Gasteiger partial charge in [-0.25, -0.2) is 9.78 Å². The molecule has 3 rings (SSSR count). The van der Waals surface area contributed by atoms with Crippen molar-refractivity contribution in [1.82, 2.24) is 19.9 Å². The highest BCUT2D eigenvalue weighted by molar-refractivity contribution is 5.94. The van der Waals surface area contributed by atoms with Crippen molar-refractivity contribution in [3.05, 3.63) is 58.5 Å². The van der Waals surface area contributed by atoms with Gasteiger partial charge in [0.1, 0.15) is 5.82 Å². The van der Waals surface area contributed by atoms with Crippen molar-refractivity contribution in [3.63, 3.8) is 0 Å². The first-order valence-corrected chi connectivity index (χ1v) is 7.70. The molecular weight excluding hydrogens is 342 g/mol. The number of carbonyl (C=O) groups excluding carboxylic acids is 1. The summed E-state index contributed by atoms with van der Waals surface area (Å²) in [5.74, 6) is 0.229. The van der Waals surface area contributed by atoms with Gasteiger partial charge >= 0.3 is 5.69 Å². The summed E-state index contributed by atoms with van der Waals surface area (Å²) in [6, 6.07) is 12.8. The van der Waals surface area contributed by atoms with Crippen LogP contribution in [0.2, 0.25) is 0 Å². The third-order valence-corrected chi connectivity index (χ3v) is 3.88. The first kappa shape index (κ1) is 18.7. The molecule has 0 saturated heterocycles. The lowest BCUT2D eigenvalue weighted by atomic mass is 10.2. The number of hydrogen-bond acceptors (Lipinski definition) is 4. The quantitative estimate of drug-likeness (QED) is 0.645. The molecule has 1 amide bonds. The number of imidazole rings is 1. The Balaban J connectivity index is 0.00000225. The molecule has 0 saturated carbocycles. The van der Waals surface area contributed by atoms with Gasteiger partial charge in [0, 0.05) is 0 Å². The van der Waals surface area contributed by atoms with Gasteiger partial charge in [-0.05, 0) is 31.7 Å². The number of likely N-dealkylation sites (N-methyl/N-ethyl adjacent to an activating group) is 1. The number of amides is 1. The number of H-pyrrole nitrogens is 1. The minimum atomic E-state index is -0.333. The summed E-state index contributed by atoms with van der Waals surface area (Å²) in [7, 11) is 1.71. The normalized spacial score (nSPS) is 11.8. The second-order valence-corrected chi connectivity index (χ2v) is 5.57. The molecular formula is C17H20ClN5O2. The van der Waals surface area contributed by atoms with Crippen LogP contribution < -0.4 is 16.3 Å². The van der Waals surface area contributed by atoms with Gasteiger partial charge in [0.15, 0.2) is 5.65 Å². The van der Waals surface area contributed by atoms with E-state index in [0.29, 0.717) is 23.5 Å². The topological polar surface area (TPSA) is 91.8 Å². The van der Waals surface area contributed by atoms with Crippen LogP contribution in [0.25, 0.3) is 11.2 Å². The van der Waals surface area contributed by atoms with Crippen LogP contribution >= 0.6 is 12.4 Å². The van der Waals surface area contributed by atoms with Gasteiger partial charge < -0.3 is 15.6 Å². The molecule has 0 fully saturated rings. The van der Waals surface area contributed by atoms with E-state index >= 15 is 0 Å². The van der Waals surface area contributed by atoms with Gasteiger partial charge in [-0.3, -0.25) is 9.36 Å². The van der Waals surface area contributed by atoms with Crippen LogP contribution in [0.1, 0.15) is 12.5 Å². The molecule has 7 nitrogen and oxygen atoms in total. The minimum absolute atomic E-state index is 0. The molecule has 2 aromatic heterocycles. The van der Waals surface area contributed by atoms with E-state index < -0.39 is 0 Å². The Hall–Kier alpha value is -2.64. The fraction of sp³-hybridized carbons (Fsp3) is 0.235. The Morgan fingerprint density at radius 1 is 1.24 bits per heavy atom. The van der Waals surface area contributed by atoms with E-state index in [9.17, 15) is 9.59 Å². The van der Waals surface area contributed by atoms with Crippen molar-refractivity contribution in [2.45, 2.75) is 19.5 Å². The second kappa shape index (κ2) is 7.96. The van der Waals surface area contributed by atoms with Crippen LogP contribution in [0.5, 0.6) is 0 Å². The summed E-state index contributed by atoms with van der Waals surface area (Å²) in [6.45, 7) is 2.17. The predicted molar refractivity (Wildman–Crippen MR) is 100 cm³/mol. The van der Waals surface area contributed by atoms with Crippen LogP contribution in [0.4, 0.5) is 5.82 Å². The van der Waals surface area contributed by atoms with Gasteiger partial charge in [-0.15, -0.1) is 12.4 Å². The van der Waals surface area contributed by atoms with Crippen molar-refractivity contribution in [1.29, 1.82) is 0 Å². The Kier molecular flexibility index (Phi) is 5.95. The molecule has 0 bridgehead atoms. The lowest BCUT2D eigenvalue weighted by Gasteiger charge is -2.10. The highest BCUT2D eigenvalue weighted by Gasteiger charge is 2.13. The smallest absolute Gasteiger partial charge is 0.309 e. The van der Waals surface area contributed by atoms with E-state index in [4.69, 9.17) is 0 Å². The van der Waals surface area contributed by atoms with Gasteiger partial charge in [-0.1, -0.05) is 30.3 Å². The minimum Gasteiger partial charge on any atom is -0.309 e. The molecule has 2 heterocycles. The Labute approximate surface area is 150 Å². The number of carbonyl (C=O) groups is 1.